The van der Waals surface area contributed by atoms with E-state index in [-0.39, 0.29) is 5.97 Å². The van der Waals surface area contributed by atoms with Crippen LogP contribution in [0.5, 0.6) is 5.75 Å². The molecule has 37 heavy (non-hydrogen) atoms. The van der Waals surface area contributed by atoms with Crippen LogP contribution in [0, 0.1) is 11.8 Å². The lowest BCUT2D eigenvalue weighted by atomic mass is 9.78. The minimum Gasteiger partial charge on any atom is -0.479 e. The Hall–Kier alpha value is -2.29. The predicted molar refractivity (Wildman–Crippen MR) is 155 cm³/mol. The van der Waals surface area contributed by atoms with Crippen molar-refractivity contribution >= 4 is 5.97 Å². The van der Waals surface area contributed by atoms with Gasteiger partial charge in [-0.2, -0.15) is 0 Å². The van der Waals surface area contributed by atoms with Gasteiger partial charge in [-0.1, -0.05) is 121 Å². The molecule has 1 aliphatic rings. The second-order valence-electron chi connectivity index (χ2n) is 11.1. The van der Waals surface area contributed by atoms with Crippen LogP contribution in [0.15, 0.2) is 48.5 Å². The summed E-state index contributed by atoms with van der Waals surface area (Å²) in [5, 5.41) is 0. The minimum absolute atomic E-state index is 0.307. The molecule has 1 fully saturated rings. The Morgan fingerprint density at radius 3 is 1.86 bits per heavy atom. The SMILES string of the molecule is CCCCCC1CCC(CCCCc2ccc(-c3ccc(O[C@H](C)C(=O)OCCCC)cc3)cc2)CC1. The first kappa shape index (κ1) is 29.3. The van der Waals surface area contributed by atoms with Gasteiger partial charge in [0.15, 0.2) is 6.10 Å². The van der Waals surface area contributed by atoms with Gasteiger partial charge in [0.1, 0.15) is 5.75 Å². The molecule has 204 valence electrons. The molecular formula is C34H50O3. The van der Waals surface area contributed by atoms with Crippen molar-refractivity contribution in [1.82, 2.24) is 0 Å². The molecule has 0 radical (unpaired) electrons. The average molecular weight is 507 g/mol. The second-order valence-corrected chi connectivity index (χ2v) is 11.1. The van der Waals surface area contributed by atoms with Crippen LogP contribution in [-0.4, -0.2) is 18.7 Å². The smallest absolute Gasteiger partial charge is 0.347 e. The first-order valence-electron chi connectivity index (χ1n) is 15.1. The summed E-state index contributed by atoms with van der Waals surface area (Å²) in [7, 11) is 0. The highest BCUT2D eigenvalue weighted by Gasteiger charge is 2.20. The van der Waals surface area contributed by atoms with Crippen molar-refractivity contribution in [2.75, 3.05) is 6.61 Å². The zero-order valence-electron chi connectivity index (χ0n) is 23.7. The number of hydrogen-bond acceptors (Lipinski definition) is 3. The Labute approximate surface area is 226 Å². The summed E-state index contributed by atoms with van der Waals surface area (Å²) in [6.07, 6.45) is 18.1. The van der Waals surface area contributed by atoms with Crippen molar-refractivity contribution in [3.63, 3.8) is 0 Å². The van der Waals surface area contributed by atoms with Gasteiger partial charge in [0.05, 0.1) is 6.61 Å². The molecule has 0 heterocycles. The lowest BCUT2D eigenvalue weighted by molar-refractivity contribution is -0.151. The molecule has 0 N–H and O–H groups in total. The van der Waals surface area contributed by atoms with Gasteiger partial charge in [0, 0.05) is 0 Å². The summed E-state index contributed by atoms with van der Waals surface area (Å²) < 4.78 is 11.0. The first-order valence-corrected chi connectivity index (χ1v) is 15.1. The van der Waals surface area contributed by atoms with Crippen LogP contribution < -0.4 is 4.74 Å². The fourth-order valence-electron chi connectivity index (χ4n) is 5.53. The zero-order valence-corrected chi connectivity index (χ0v) is 23.7. The van der Waals surface area contributed by atoms with Crippen LogP contribution in [0.3, 0.4) is 0 Å². The predicted octanol–water partition coefficient (Wildman–Crippen LogP) is 9.56. The minimum atomic E-state index is -0.604. The average Bonchev–Trinajstić information content (AvgIpc) is 2.93. The van der Waals surface area contributed by atoms with E-state index in [1.54, 1.807) is 6.92 Å². The summed E-state index contributed by atoms with van der Waals surface area (Å²) >= 11 is 0. The van der Waals surface area contributed by atoms with Crippen LogP contribution in [0.2, 0.25) is 0 Å². The van der Waals surface area contributed by atoms with E-state index in [1.807, 2.05) is 12.1 Å². The molecule has 0 bridgehead atoms. The van der Waals surface area contributed by atoms with E-state index >= 15 is 0 Å². The Morgan fingerprint density at radius 1 is 0.757 bits per heavy atom. The van der Waals surface area contributed by atoms with E-state index in [1.165, 1.54) is 88.2 Å². The quantitative estimate of drug-likeness (QED) is 0.168. The molecule has 0 aliphatic heterocycles. The maximum atomic E-state index is 12.0. The van der Waals surface area contributed by atoms with E-state index in [4.69, 9.17) is 9.47 Å². The van der Waals surface area contributed by atoms with Crippen molar-refractivity contribution in [3.05, 3.63) is 54.1 Å². The van der Waals surface area contributed by atoms with Gasteiger partial charge in [0.2, 0.25) is 0 Å². The summed E-state index contributed by atoms with van der Waals surface area (Å²) in [6, 6.07) is 17.0. The summed E-state index contributed by atoms with van der Waals surface area (Å²) in [5.74, 6) is 2.38. The number of hydrogen-bond donors (Lipinski definition) is 0. The number of ether oxygens (including phenoxy) is 2. The number of carbonyl (C=O) groups is 1. The van der Waals surface area contributed by atoms with Crippen LogP contribution in [0.1, 0.15) is 110 Å². The van der Waals surface area contributed by atoms with Gasteiger partial charge in [-0.25, -0.2) is 4.79 Å². The normalized spacial score (nSPS) is 18.4. The highest BCUT2D eigenvalue weighted by atomic mass is 16.6. The third kappa shape index (κ3) is 10.5. The molecule has 0 saturated heterocycles. The fourth-order valence-corrected chi connectivity index (χ4v) is 5.53. The number of carbonyl (C=O) groups excluding carboxylic acids is 1. The molecule has 1 saturated carbocycles. The van der Waals surface area contributed by atoms with Crippen LogP contribution in [0.4, 0.5) is 0 Å². The van der Waals surface area contributed by atoms with Crippen molar-refractivity contribution < 1.29 is 14.3 Å². The monoisotopic (exact) mass is 506 g/mol. The number of unbranched alkanes of at least 4 members (excludes halogenated alkanes) is 4. The molecule has 2 aromatic carbocycles. The molecule has 0 amide bonds. The van der Waals surface area contributed by atoms with E-state index in [2.05, 4.69) is 50.2 Å². The lowest BCUT2D eigenvalue weighted by Crippen LogP contribution is -2.26. The number of rotatable bonds is 16. The zero-order chi connectivity index (χ0) is 26.3. The lowest BCUT2D eigenvalue weighted by Gasteiger charge is -2.28. The third-order valence-electron chi connectivity index (χ3n) is 8.04. The third-order valence-corrected chi connectivity index (χ3v) is 8.04. The molecule has 0 aromatic heterocycles. The second kappa shape index (κ2) is 16.5. The van der Waals surface area contributed by atoms with Crippen LogP contribution >= 0.6 is 0 Å². The van der Waals surface area contributed by atoms with Gasteiger partial charge in [-0.15, -0.1) is 0 Å². The maximum absolute atomic E-state index is 12.0. The molecule has 1 atom stereocenters. The highest BCUT2D eigenvalue weighted by Crippen LogP contribution is 2.34. The number of esters is 1. The number of aryl methyl sites for hydroxylation is 1. The van der Waals surface area contributed by atoms with E-state index in [9.17, 15) is 4.79 Å². The molecule has 3 nitrogen and oxygen atoms in total. The Kier molecular flexibility index (Phi) is 13.1. The summed E-state index contributed by atoms with van der Waals surface area (Å²) in [5.41, 5.74) is 3.79. The van der Waals surface area contributed by atoms with E-state index in [0.29, 0.717) is 12.4 Å². The summed E-state index contributed by atoms with van der Waals surface area (Å²) in [4.78, 5) is 12.0. The van der Waals surface area contributed by atoms with Crippen LogP contribution in [0.25, 0.3) is 11.1 Å². The van der Waals surface area contributed by atoms with Crippen molar-refractivity contribution in [2.45, 2.75) is 117 Å². The van der Waals surface area contributed by atoms with E-state index in [0.717, 1.165) is 30.2 Å². The van der Waals surface area contributed by atoms with Gasteiger partial charge in [-0.05, 0) is 66.8 Å². The van der Waals surface area contributed by atoms with Crippen molar-refractivity contribution in [1.29, 1.82) is 0 Å². The van der Waals surface area contributed by atoms with Crippen molar-refractivity contribution in [3.8, 4) is 16.9 Å². The highest BCUT2D eigenvalue weighted by molar-refractivity contribution is 5.74. The van der Waals surface area contributed by atoms with Gasteiger partial charge in [-0.3, -0.25) is 0 Å². The molecule has 3 rings (SSSR count). The Bertz CT molecular complexity index is 878. The topological polar surface area (TPSA) is 35.5 Å². The number of benzene rings is 2. The van der Waals surface area contributed by atoms with Gasteiger partial charge < -0.3 is 9.47 Å². The largest absolute Gasteiger partial charge is 0.479 e. The Balaban J connectivity index is 1.34. The molecule has 0 unspecified atom stereocenters. The summed E-state index contributed by atoms with van der Waals surface area (Å²) in [6.45, 7) is 6.57. The molecule has 1 aliphatic carbocycles. The fraction of sp³-hybridized carbons (Fsp3) is 0.618. The van der Waals surface area contributed by atoms with Crippen molar-refractivity contribution in [2.24, 2.45) is 11.8 Å². The van der Waals surface area contributed by atoms with Gasteiger partial charge >= 0.3 is 5.97 Å². The van der Waals surface area contributed by atoms with E-state index < -0.39 is 6.10 Å². The molecule has 0 spiro atoms. The Morgan fingerprint density at radius 2 is 1.30 bits per heavy atom. The first-order chi connectivity index (χ1) is 18.1. The molecule has 3 heteroatoms. The standard InChI is InChI=1S/C34H50O3/c1-4-6-8-11-28-14-16-29(17-15-28)12-9-10-13-30-18-20-31(21-19-30)32-22-24-33(25-23-32)37-27(3)34(35)36-26-7-5-2/h18-25,27-29H,4-17,26H2,1-3H3/t27-,28?,29?/m1/s1. The van der Waals surface area contributed by atoms with Crippen LogP contribution in [-0.2, 0) is 16.0 Å². The molecular weight excluding hydrogens is 456 g/mol. The molecule has 2 aromatic rings. The maximum Gasteiger partial charge on any atom is 0.347 e. The van der Waals surface area contributed by atoms with Gasteiger partial charge in [0.25, 0.3) is 0 Å².